The Bertz CT molecular complexity index is 697. The summed E-state index contributed by atoms with van der Waals surface area (Å²) in [4.78, 5) is 37.3. The van der Waals surface area contributed by atoms with Gasteiger partial charge in [-0.15, -0.1) is 11.8 Å². The third kappa shape index (κ3) is 2.76. The first-order valence-corrected chi connectivity index (χ1v) is 8.76. The van der Waals surface area contributed by atoms with E-state index in [0.717, 1.165) is 18.4 Å². The Morgan fingerprint density at radius 1 is 1.50 bits per heavy atom. The molecular formula is C16H19N3O4S. The van der Waals surface area contributed by atoms with Gasteiger partial charge in [-0.05, 0) is 30.9 Å². The second-order valence-corrected chi connectivity index (χ2v) is 7.12. The Hall–Kier alpha value is -2.06. The number of amides is 2. The highest BCUT2D eigenvalue weighted by Crippen LogP contribution is 2.40. The second-order valence-electron chi connectivity index (χ2n) is 6.02. The van der Waals surface area contributed by atoms with Gasteiger partial charge in [-0.1, -0.05) is 18.2 Å². The lowest BCUT2D eigenvalue weighted by molar-refractivity contribution is -0.150. The van der Waals surface area contributed by atoms with E-state index in [2.05, 4.69) is 5.32 Å². The Balaban J connectivity index is 1.69. The number of nitrogens with two attached hydrogens (primary N) is 1. The largest absolute Gasteiger partial charge is 0.477 e. The SMILES string of the molecule is CC1=C(C(=O)O)N2C(=O)[C@@H](NC(=O)[C@H](N)C3=CC=CCC3)[C@H]2SC1. The molecule has 1 aliphatic carbocycles. The number of nitrogens with zero attached hydrogens (tertiary/aromatic N) is 1. The molecule has 128 valence electrons. The summed E-state index contributed by atoms with van der Waals surface area (Å²) < 4.78 is 0. The molecule has 0 unspecified atom stereocenters. The van der Waals surface area contributed by atoms with Crippen LogP contribution in [0.3, 0.4) is 0 Å². The molecule has 2 aliphatic heterocycles. The molecule has 0 spiro atoms. The van der Waals surface area contributed by atoms with E-state index in [0.29, 0.717) is 11.3 Å². The molecule has 2 heterocycles. The van der Waals surface area contributed by atoms with Gasteiger partial charge in [0.25, 0.3) is 5.91 Å². The smallest absolute Gasteiger partial charge is 0.352 e. The summed E-state index contributed by atoms with van der Waals surface area (Å²) >= 11 is 1.45. The Morgan fingerprint density at radius 3 is 2.88 bits per heavy atom. The van der Waals surface area contributed by atoms with Crippen LogP contribution in [-0.4, -0.2) is 51.0 Å². The monoisotopic (exact) mass is 349 g/mol. The zero-order valence-corrected chi connectivity index (χ0v) is 14.0. The fourth-order valence-electron chi connectivity index (χ4n) is 3.07. The maximum Gasteiger partial charge on any atom is 0.352 e. The first-order valence-electron chi connectivity index (χ1n) is 7.71. The van der Waals surface area contributed by atoms with Crippen LogP contribution in [0.15, 0.2) is 35.1 Å². The fourth-order valence-corrected chi connectivity index (χ4v) is 4.36. The van der Waals surface area contributed by atoms with Crippen LogP contribution in [-0.2, 0) is 14.4 Å². The summed E-state index contributed by atoms with van der Waals surface area (Å²) in [6.07, 6.45) is 7.26. The standard InChI is InChI=1S/C16H19N3O4S/c1-8-7-24-15-11(14(21)19(15)12(8)16(22)23)18-13(20)10(17)9-5-3-2-4-6-9/h2-3,5,10-11,15H,4,6-7,17H2,1H3,(H,18,20)(H,22,23)/t10-,11-,15-/m1/s1. The van der Waals surface area contributed by atoms with Gasteiger partial charge in [0.15, 0.2) is 0 Å². The van der Waals surface area contributed by atoms with E-state index >= 15 is 0 Å². The van der Waals surface area contributed by atoms with Gasteiger partial charge < -0.3 is 16.2 Å². The molecule has 0 aromatic carbocycles. The molecule has 1 saturated heterocycles. The van der Waals surface area contributed by atoms with E-state index in [-0.39, 0.29) is 11.1 Å². The topological polar surface area (TPSA) is 113 Å². The second kappa shape index (κ2) is 6.45. The maximum absolute atomic E-state index is 12.3. The van der Waals surface area contributed by atoms with Gasteiger partial charge in [-0.2, -0.15) is 0 Å². The van der Waals surface area contributed by atoms with Crippen LogP contribution in [0.1, 0.15) is 19.8 Å². The summed E-state index contributed by atoms with van der Waals surface area (Å²) in [5.41, 5.74) is 7.49. The lowest BCUT2D eigenvalue weighted by Gasteiger charge is -2.49. The van der Waals surface area contributed by atoms with Crippen molar-refractivity contribution >= 4 is 29.5 Å². The Morgan fingerprint density at radius 2 is 2.25 bits per heavy atom. The predicted octanol–water partition coefficient (Wildman–Crippen LogP) is 0.349. The van der Waals surface area contributed by atoms with Crippen LogP contribution in [0.2, 0.25) is 0 Å². The van der Waals surface area contributed by atoms with Crippen molar-refractivity contribution in [3.8, 4) is 0 Å². The third-order valence-electron chi connectivity index (χ3n) is 4.39. The van der Waals surface area contributed by atoms with E-state index < -0.39 is 29.9 Å². The van der Waals surface area contributed by atoms with Crippen LogP contribution in [0.4, 0.5) is 0 Å². The lowest BCUT2D eigenvalue weighted by atomic mass is 9.96. The van der Waals surface area contributed by atoms with Crippen molar-refractivity contribution in [1.82, 2.24) is 10.2 Å². The molecule has 8 heteroatoms. The molecule has 3 aliphatic rings. The molecular weight excluding hydrogens is 330 g/mol. The minimum Gasteiger partial charge on any atom is -0.477 e. The molecule has 24 heavy (non-hydrogen) atoms. The molecule has 3 rings (SSSR count). The number of thioether (sulfide) groups is 1. The number of hydrogen-bond acceptors (Lipinski definition) is 5. The highest BCUT2D eigenvalue weighted by molar-refractivity contribution is 8.00. The minimum absolute atomic E-state index is 0.0265. The first-order chi connectivity index (χ1) is 11.4. The molecule has 7 nitrogen and oxygen atoms in total. The van der Waals surface area contributed by atoms with Crippen molar-refractivity contribution in [3.63, 3.8) is 0 Å². The number of allylic oxidation sites excluding steroid dienone is 3. The van der Waals surface area contributed by atoms with Crippen molar-refractivity contribution in [2.24, 2.45) is 5.73 Å². The number of fused-ring (bicyclic) bond motifs is 1. The summed E-state index contributed by atoms with van der Waals surface area (Å²) in [6.45, 7) is 1.70. The Labute approximate surface area is 143 Å². The zero-order chi connectivity index (χ0) is 17.4. The number of carbonyl (C=O) groups is 3. The first kappa shape index (κ1) is 16.8. The molecule has 0 saturated carbocycles. The summed E-state index contributed by atoms with van der Waals surface area (Å²) in [5, 5.41) is 11.6. The predicted molar refractivity (Wildman–Crippen MR) is 89.8 cm³/mol. The Kier molecular flexibility index (Phi) is 4.51. The van der Waals surface area contributed by atoms with Crippen LogP contribution in [0.5, 0.6) is 0 Å². The fraction of sp³-hybridized carbons (Fsp3) is 0.438. The number of hydrogen-bond donors (Lipinski definition) is 3. The van der Waals surface area contributed by atoms with E-state index in [4.69, 9.17) is 5.73 Å². The number of carbonyl (C=O) groups excluding carboxylic acids is 2. The number of nitrogens with one attached hydrogen (secondary N) is 1. The van der Waals surface area contributed by atoms with Crippen molar-refractivity contribution in [3.05, 3.63) is 35.1 Å². The van der Waals surface area contributed by atoms with E-state index in [1.165, 1.54) is 16.7 Å². The summed E-state index contributed by atoms with van der Waals surface area (Å²) in [5.74, 6) is -1.41. The lowest BCUT2D eigenvalue weighted by Crippen LogP contribution is -2.71. The average Bonchev–Trinajstić information content (AvgIpc) is 2.59. The highest BCUT2D eigenvalue weighted by atomic mass is 32.2. The molecule has 0 aromatic rings. The summed E-state index contributed by atoms with van der Waals surface area (Å²) in [7, 11) is 0. The molecule has 4 N–H and O–H groups in total. The quantitative estimate of drug-likeness (QED) is 0.631. The van der Waals surface area contributed by atoms with Crippen LogP contribution < -0.4 is 11.1 Å². The minimum atomic E-state index is -1.12. The number of carboxylic acids is 1. The third-order valence-corrected chi connectivity index (χ3v) is 5.81. The number of aliphatic carboxylic acids is 1. The van der Waals surface area contributed by atoms with Gasteiger partial charge in [0.1, 0.15) is 23.2 Å². The highest BCUT2D eigenvalue weighted by Gasteiger charge is 2.53. The zero-order valence-electron chi connectivity index (χ0n) is 13.2. The number of carboxylic acid groups (broad SMARTS) is 1. The molecule has 0 radical (unpaired) electrons. The van der Waals surface area contributed by atoms with Crippen LogP contribution >= 0.6 is 11.8 Å². The molecule has 0 bridgehead atoms. The molecule has 0 aromatic heterocycles. The van der Waals surface area contributed by atoms with Crippen molar-refractivity contribution in [2.45, 2.75) is 37.2 Å². The molecule has 3 atom stereocenters. The van der Waals surface area contributed by atoms with E-state index in [1.54, 1.807) is 6.92 Å². The molecule has 2 amide bonds. The van der Waals surface area contributed by atoms with Crippen LogP contribution in [0, 0.1) is 0 Å². The van der Waals surface area contributed by atoms with Gasteiger partial charge in [0.05, 0.1) is 0 Å². The van der Waals surface area contributed by atoms with E-state index in [9.17, 15) is 19.5 Å². The van der Waals surface area contributed by atoms with Crippen molar-refractivity contribution < 1.29 is 19.5 Å². The van der Waals surface area contributed by atoms with Crippen molar-refractivity contribution in [2.75, 3.05) is 5.75 Å². The van der Waals surface area contributed by atoms with Gasteiger partial charge in [-0.3, -0.25) is 14.5 Å². The van der Waals surface area contributed by atoms with Gasteiger partial charge in [0.2, 0.25) is 5.91 Å². The maximum atomic E-state index is 12.3. The molecule has 1 fully saturated rings. The normalized spacial score (nSPS) is 27.2. The average molecular weight is 349 g/mol. The summed E-state index contributed by atoms with van der Waals surface area (Å²) in [6, 6.07) is -1.52. The van der Waals surface area contributed by atoms with Gasteiger partial charge in [0, 0.05) is 5.75 Å². The number of β-lactam (4-membered cyclic amide) rings is 1. The van der Waals surface area contributed by atoms with Crippen LogP contribution in [0.25, 0.3) is 0 Å². The van der Waals surface area contributed by atoms with Crippen molar-refractivity contribution in [1.29, 1.82) is 0 Å². The van der Waals surface area contributed by atoms with Gasteiger partial charge >= 0.3 is 5.97 Å². The van der Waals surface area contributed by atoms with Gasteiger partial charge in [-0.25, -0.2) is 4.79 Å². The van der Waals surface area contributed by atoms with E-state index in [1.807, 2.05) is 18.2 Å². The number of rotatable bonds is 4.